The van der Waals surface area contributed by atoms with Gasteiger partial charge in [-0.25, -0.2) is 4.98 Å². The van der Waals surface area contributed by atoms with E-state index in [1.54, 1.807) is 24.3 Å². The minimum Gasteiger partial charge on any atom is -0.457 e. The van der Waals surface area contributed by atoms with Gasteiger partial charge in [0.25, 0.3) is 5.56 Å². The van der Waals surface area contributed by atoms with E-state index in [-0.39, 0.29) is 17.2 Å². The smallest absolute Gasteiger partial charge is 0.263 e. The van der Waals surface area contributed by atoms with Gasteiger partial charge in [-0.05, 0) is 35.7 Å². The number of thioether (sulfide) groups is 1. The van der Waals surface area contributed by atoms with Crippen LogP contribution >= 0.6 is 23.1 Å². The van der Waals surface area contributed by atoms with E-state index >= 15 is 0 Å². The average Bonchev–Trinajstić information content (AvgIpc) is 3.24. The highest BCUT2D eigenvalue weighted by atomic mass is 32.2. The monoisotopic (exact) mass is 449 g/mol. The predicted molar refractivity (Wildman–Crippen MR) is 126 cm³/mol. The molecule has 0 bridgehead atoms. The molecule has 2 aromatic carbocycles. The number of hydrogen-bond donors (Lipinski definition) is 1. The van der Waals surface area contributed by atoms with Gasteiger partial charge < -0.3 is 10.1 Å². The maximum absolute atomic E-state index is 12.7. The van der Waals surface area contributed by atoms with Gasteiger partial charge >= 0.3 is 0 Å². The Morgan fingerprint density at radius 1 is 1.16 bits per heavy atom. The molecule has 0 saturated heterocycles. The minimum absolute atomic E-state index is 0.115. The fourth-order valence-electron chi connectivity index (χ4n) is 2.92. The lowest BCUT2D eigenvalue weighted by atomic mass is 10.3. The van der Waals surface area contributed by atoms with Crippen LogP contribution in [0, 0.1) is 0 Å². The van der Waals surface area contributed by atoms with Crippen molar-refractivity contribution in [2.24, 2.45) is 0 Å². The highest BCUT2D eigenvalue weighted by Crippen LogP contribution is 2.25. The first-order chi connectivity index (χ1) is 15.1. The SMILES string of the molecule is C=CCn1c(SCC(=O)Nc2cccc(Oc3ccccc3)c2)nc2sccc2c1=O. The fourth-order valence-corrected chi connectivity index (χ4v) is 4.53. The van der Waals surface area contributed by atoms with Crippen LogP contribution in [0.1, 0.15) is 0 Å². The van der Waals surface area contributed by atoms with Gasteiger partial charge in [0, 0.05) is 18.3 Å². The van der Waals surface area contributed by atoms with Crippen molar-refractivity contribution in [3.8, 4) is 11.5 Å². The number of carbonyl (C=O) groups is 1. The molecule has 6 nitrogen and oxygen atoms in total. The molecule has 0 saturated carbocycles. The van der Waals surface area contributed by atoms with Crippen LogP contribution in [0.2, 0.25) is 0 Å². The summed E-state index contributed by atoms with van der Waals surface area (Å²) in [6, 6.07) is 18.4. The molecule has 0 aliphatic heterocycles. The highest BCUT2D eigenvalue weighted by molar-refractivity contribution is 7.99. The summed E-state index contributed by atoms with van der Waals surface area (Å²) >= 11 is 2.62. The average molecular weight is 450 g/mol. The second-order valence-electron chi connectivity index (χ2n) is 6.52. The van der Waals surface area contributed by atoms with Crippen molar-refractivity contribution in [2.45, 2.75) is 11.7 Å². The number of benzene rings is 2. The summed E-state index contributed by atoms with van der Waals surface area (Å²) in [5.74, 6) is 1.26. The number of nitrogens with one attached hydrogen (secondary N) is 1. The Hall–Kier alpha value is -3.36. The van der Waals surface area contributed by atoms with E-state index in [0.29, 0.717) is 33.4 Å². The van der Waals surface area contributed by atoms with E-state index in [4.69, 9.17) is 4.74 Å². The summed E-state index contributed by atoms with van der Waals surface area (Å²) in [6.45, 7) is 4.04. The number of amides is 1. The van der Waals surface area contributed by atoms with Gasteiger partial charge in [-0.1, -0.05) is 42.1 Å². The van der Waals surface area contributed by atoms with Gasteiger partial charge in [0.15, 0.2) is 5.16 Å². The number of ether oxygens (including phenoxy) is 1. The Morgan fingerprint density at radius 3 is 2.77 bits per heavy atom. The van der Waals surface area contributed by atoms with E-state index in [9.17, 15) is 9.59 Å². The molecule has 0 aliphatic rings. The lowest BCUT2D eigenvalue weighted by Gasteiger charge is -2.11. The molecule has 1 amide bonds. The molecule has 1 N–H and O–H groups in total. The van der Waals surface area contributed by atoms with Crippen LogP contribution in [0.25, 0.3) is 10.2 Å². The molecule has 2 aromatic heterocycles. The number of allylic oxidation sites excluding steroid dienone is 1. The number of para-hydroxylation sites is 1. The minimum atomic E-state index is -0.201. The summed E-state index contributed by atoms with van der Waals surface area (Å²) in [5.41, 5.74) is 0.504. The molecule has 0 spiro atoms. The zero-order valence-electron chi connectivity index (χ0n) is 16.5. The van der Waals surface area contributed by atoms with Crippen LogP contribution in [0.3, 0.4) is 0 Å². The summed E-state index contributed by atoms with van der Waals surface area (Å²) < 4.78 is 7.34. The van der Waals surface area contributed by atoms with Crippen molar-refractivity contribution in [1.82, 2.24) is 9.55 Å². The first-order valence-corrected chi connectivity index (χ1v) is 11.3. The fraction of sp³-hybridized carbons (Fsp3) is 0.0870. The van der Waals surface area contributed by atoms with Crippen LogP contribution in [0.15, 0.2) is 88.6 Å². The van der Waals surface area contributed by atoms with E-state index < -0.39 is 0 Å². The molecule has 0 aliphatic carbocycles. The summed E-state index contributed by atoms with van der Waals surface area (Å²) in [5, 5.41) is 5.78. The first-order valence-electron chi connectivity index (χ1n) is 9.48. The zero-order valence-corrected chi connectivity index (χ0v) is 18.1. The van der Waals surface area contributed by atoms with Crippen LogP contribution in [0.4, 0.5) is 5.69 Å². The third-order valence-corrected chi connectivity index (χ3v) is 6.07. The predicted octanol–water partition coefficient (Wildman–Crippen LogP) is 5.17. The lowest BCUT2D eigenvalue weighted by Crippen LogP contribution is -2.23. The Morgan fingerprint density at radius 2 is 1.97 bits per heavy atom. The largest absolute Gasteiger partial charge is 0.457 e. The number of carbonyl (C=O) groups excluding carboxylic acids is 1. The van der Waals surface area contributed by atoms with Crippen molar-refractivity contribution in [2.75, 3.05) is 11.1 Å². The number of thiophene rings is 1. The maximum Gasteiger partial charge on any atom is 0.263 e. The molecule has 2 heterocycles. The molecule has 31 heavy (non-hydrogen) atoms. The number of nitrogens with zero attached hydrogens (tertiary/aromatic N) is 2. The summed E-state index contributed by atoms with van der Waals surface area (Å²) in [6.07, 6.45) is 1.64. The Labute approximate surface area is 187 Å². The van der Waals surface area contributed by atoms with Gasteiger partial charge in [-0.2, -0.15) is 0 Å². The first kappa shape index (κ1) is 20.9. The van der Waals surface area contributed by atoms with Gasteiger partial charge in [0.2, 0.25) is 5.91 Å². The molecule has 8 heteroatoms. The standard InChI is InChI=1S/C23H19N3O3S2/c1-2-12-26-22(28)19-11-13-30-21(19)25-23(26)31-15-20(27)24-16-7-6-10-18(14-16)29-17-8-4-3-5-9-17/h2-11,13-14H,1,12,15H2,(H,24,27). The summed E-state index contributed by atoms with van der Waals surface area (Å²) in [7, 11) is 0. The van der Waals surface area contributed by atoms with Gasteiger partial charge in [-0.15, -0.1) is 17.9 Å². The molecule has 0 radical (unpaired) electrons. The third-order valence-electron chi connectivity index (χ3n) is 4.29. The zero-order chi connectivity index (χ0) is 21.6. The molecule has 0 fully saturated rings. The second kappa shape index (κ2) is 9.63. The van der Waals surface area contributed by atoms with Gasteiger partial charge in [-0.3, -0.25) is 14.2 Å². The van der Waals surface area contributed by atoms with Crippen LogP contribution in [0.5, 0.6) is 11.5 Å². The number of aromatic nitrogens is 2. The molecule has 4 rings (SSSR count). The molecule has 0 atom stereocenters. The second-order valence-corrected chi connectivity index (χ2v) is 8.36. The number of hydrogen-bond acceptors (Lipinski definition) is 6. The van der Waals surface area contributed by atoms with Crippen molar-refractivity contribution in [3.63, 3.8) is 0 Å². The van der Waals surface area contributed by atoms with Crippen LogP contribution < -0.4 is 15.6 Å². The topological polar surface area (TPSA) is 73.2 Å². The highest BCUT2D eigenvalue weighted by Gasteiger charge is 2.13. The molecular formula is C23H19N3O3S2. The van der Waals surface area contributed by atoms with E-state index in [2.05, 4.69) is 16.9 Å². The Balaban J connectivity index is 1.44. The summed E-state index contributed by atoms with van der Waals surface area (Å²) in [4.78, 5) is 30.4. The molecular weight excluding hydrogens is 430 g/mol. The Bertz CT molecular complexity index is 1280. The molecule has 4 aromatic rings. The van der Waals surface area contributed by atoms with Crippen molar-refractivity contribution in [1.29, 1.82) is 0 Å². The lowest BCUT2D eigenvalue weighted by molar-refractivity contribution is -0.113. The van der Waals surface area contributed by atoms with Crippen molar-refractivity contribution < 1.29 is 9.53 Å². The quantitative estimate of drug-likeness (QED) is 0.228. The third kappa shape index (κ3) is 5.04. The van der Waals surface area contributed by atoms with E-state index in [1.807, 2.05) is 47.8 Å². The van der Waals surface area contributed by atoms with Crippen LogP contribution in [-0.2, 0) is 11.3 Å². The number of anilines is 1. The molecule has 0 unspecified atom stereocenters. The van der Waals surface area contributed by atoms with Crippen LogP contribution in [-0.4, -0.2) is 21.2 Å². The van der Waals surface area contributed by atoms with E-state index in [0.717, 1.165) is 5.75 Å². The Kier molecular flexibility index (Phi) is 6.49. The normalized spacial score (nSPS) is 10.7. The molecule has 156 valence electrons. The van der Waals surface area contributed by atoms with Crippen molar-refractivity contribution in [3.05, 3.63) is 89.1 Å². The van der Waals surface area contributed by atoms with Crippen molar-refractivity contribution >= 4 is 44.9 Å². The number of fused-ring (bicyclic) bond motifs is 1. The number of rotatable bonds is 8. The van der Waals surface area contributed by atoms with E-state index in [1.165, 1.54) is 27.7 Å². The van der Waals surface area contributed by atoms with Gasteiger partial charge in [0.1, 0.15) is 16.3 Å². The van der Waals surface area contributed by atoms with Gasteiger partial charge in [0.05, 0.1) is 11.1 Å². The maximum atomic E-state index is 12.7.